The zero-order valence-electron chi connectivity index (χ0n) is 10.9. The van der Waals surface area contributed by atoms with Crippen molar-refractivity contribution in [2.24, 2.45) is 0 Å². The predicted molar refractivity (Wildman–Crippen MR) is 87.7 cm³/mol. The van der Waals surface area contributed by atoms with Crippen LogP contribution in [0.15, 0.2) is 40.9 Å². The normalized spacial score (nSPS) is 10.6. The van der Waals surface area contributed by atoms with Gasteiger partial charge in [-0.3, -0.25) is 0 Å². The Hall–Kier alpha value is -0.740. The van der Waals surface area contributed by atoms with E-state index in [1.54, 1.807) is 12.1 Å². The highest BCUT2D eigenvalue weighted by Crippen LogP contribution is 2.31. The third-order valence-electron chi connectivity index (χ3n) is 2.80. The fraction of sp³-hybridized carbons (Fsp3) is 0.200. The van der Waals surface area contributed by atoms with E-state index in [0.29, 0.717) is 16.7 Å². The van der Waals surface area contributed by atoms with Crippen LogP contribution in [0.1, 0.15) is 11.1 Å². The Balaban J connectivity index is 2.18. The molecule has 0 bridgehead atoms. The van der Waals surface area contributed by atoms with E-state index in [1.165, 1.54) is 0 Å². The molecule has 0 heterocycles. The average Bonchev–Trinajstić information content (AvgIpc) is 2.40. The summed E-state index contributed by atoms with van der Waals surface area (Å²) < 4.78 is 6.84. The molecule has 0 aliphatic carbocycles. The molecule has 2 nitrogen and oxygen atoms in total. The smallest absolute Gasteiger partial charge is 0.138 e. The molecule has 0 aliphatic heterocycles. The molecule has 0 unspecified atom stereocenters. The van der Waals surface area contributed by atoms with Crippen LogP contribution in [-0.4, -0.2) is 7.05 Å². The van der Waals surface area contributed by atoms with Crippen LogP contribution in [0.3, 0.4) is 0 Å². The van der Waals surface area contributed by atoms with Gasteiger partial charge in [0.2, 0.25) is 0 Å². The van der Waals surface area contributed by atoms with Crippen LogP contribution < -0.4 is 10.1 Å². The van der Waals surface area contributed by atoms with Gasteiger partial charge < -0.3 is 10.1 Å². The molecule has 0 aliphatic rings. The van der Waals surface area contributed by atoms with Crippen molar-refractivity contribution in [2.75, 3.05) is 7.05 Å². The molecule has 1 N–H and O–H groups in total. The first kappa shape index (κ1) is 15.6. The van der Waals surface area contributed by atoms with Gasteiger partial charge in [-0.25, -0.2) is 0 Å². The van der Waals surface area contributed by atoms with Gasteiger partial charge in [0.05, 0.1) is 4.47 Å². The summed E-state index contributed by atoms with van der Waals surface area (Å²) in [4.78, 5) is 0. The second-order valence-corrected chi connectivity index (χ2v) is 5.98. The Morgan fingerprint density at radius 1 is 1.15 bits per heavy atom. The van der Waals surface area contributed by atoms with Crippen molar-refractivity contribution >= 4 is 39.1 Å². The summed E-state index contributed by atoms with van der Waals surface area (Å²) >= 11 is 15.5. The minimum Gasteiger partial charge on any atom is -0.487 e. The topological polar surface area (TPSA) is 21.3 Å². The van der Waals surface area contributed by atoms with Crippen LogP contribution in [0.2, 0.25) is 10.0 Å². The quantitative estimate of drug-likeness (QED) is 0.790. The first-order valence-electron chi connectivity index (χ1n) is 6.10. The standard InChI is InChI=1S/C15H14BrCl2NO/c1-19-8-10-3-2-4-13(16)15(10)20-9-11-5-6-12(17)7-14(11)18/h2-7,19H,8-9H2,1H3. The Bertz CT molecular complexity index is 604. The van der Waals surface area contributed by atoms with Crippen LogP contribution in [-0.2, 0) is 13.2 Å². The van der Waals surface area contributed by atoms with E-state index in [1.807, 2.05) is 31.3 Å². The molecule has 2 aromatic rings. The lowest BCUT2D eigenvalue weighted by molar-refractivity contribution is 0.300. The van der Waals surface area contributed by atoms with Gasteiger partial charge in [0.25, 0.3) is 0 Å². The van der Waals surface area contributed by atoms with Crippen molar-refractivity contribution in [3.8, 4) is 5.75 Å². The summed E-state index contributed by atoms with van der Waals surface area (Å²) in [6.07, 6.45) is 0. The Kier molecular flexibility index (Phi) is 5.73. The Morgan fingerprint density at radius 2 is 1.95 bits per heavy atom. The Morgan fingerprint density at radius 3 is 2.65 bits per heavy atom. The van der Waals surface area contributed by atoms with Gasteiger partial charge >= 0.3 is 0 Å². The van der Waals surface area contributed by atoms with E-state index < -0.39 is 0 Å². The minimum atomic E-state index is 0.398. The molecule has 0 atom stereocenters. The SMILES string of the molecule is CNCc1cccc(Br)c1OCc1ccc(Cl)cc1Cl. The van der Waals surface area contributed by atoms with E-state index >= 15 is 0 Å². The lowest BCUT2D eigenvalue weighted by atomic mass is 10.2. The summed E-state index contributed by atoms with van der Waals surface area (Å²) in [6, 6.07) is 11.4. The fourth-order valence-electron chi connectivity index (χ4n) is 1.83. The zero-order valence-corrected chi connectivity index (χ0v) is 14.0. The van der Waals surface area contributed by atoms with Gasteiger partial charge in [-0.2, -0.15) is 0 Å². The molecule has 0 amide bonds. The molecule has 2 rings (SSSR count). The maximum absolute atomic E-state index is 6.15. The molecule has 20 heavy (non-hydrogen) atoms. The molecule has 2 aromatic carbocycles. The molecule has 0 fully saturated rings. The summed E-state index contributed by atoms with van der Waals surface area (Å²) in [7, 11) is 1.90. The van der Waals surface area contributed by atoms with Crippen molar-refractivity contribution in [1.82, 2.24) is 5.32 Å². The second-order valence-electron chi connectivity index (χ2n) is 4.28. The first-order chi connectivity index (χ1) is 9.61. The summed E-state index contributed by atoms with van der Waals surface area (Å²) in [5.74, 6) is 0.827. The van der Waals surface area contributed by atoms with Crippen molar-refractivity contribution in [1.29, 1.82) is 0 Å². The maximum Gasteiger partial charge on any atom is 0.138 e. The third kappa shape index (κ3) is 3.89. The van der Waals surface area contributed by atoms with E-state index in [9.17, 15) is 0 Å². The largest absolute Gasteiger partial charge is 0.487 e. The van der Waals surface area contributed by atoms with Crippen molar-refractivity contribution < 1.29 is 4.74 Å². The predicted octanol–water partition coefficient (Wildman–Crippen LogP) is 5.05. The molecule has 5 heteroatoms. The van der Waals surface area contributed by atoms with Gasteiger partial charge in [-0.05, 0) is 41.2 Å². The Labute approximate surface area is 137 Å². The highest BCUT2D eigenvalue weighted by Gasteiger charge is 2.09. The summed E-state index contributed by atoms with van der Waals surface area (Å²) in [5, 5.41) is 4.36. The molecule has 0 saturated carbocycles. The van der Waals surface area contributed by atoms with Gasteiger partial charge in [-0.1, -0.05) is 41.4 Å². The maximum atomic E-state index is 6.15. The van der Waals surface area contributed by atoms with Crippen LogP contribution in [0, 0.1) is 0 Å². The fourth-order valence-corrected chi connectivity index (χ4v) is 2.82. The van der Waals surface area contributed by atoms with Crippen LogP contribution in [0.5, 0.6) is 5.75 Å². The monoisotopic (exact) mass is 373 g/mol. The van der Waals surface area contributed by atoms with Gasteiger partial charge in [0.1, 0.15) is 12.4 Å². The number of hydrogen-bond acceptors (Lipinski definition) is 2. The van der Waals surface area contributed by atoms with Crippen molar-refractivity contribution in [3.63, 3.8) is 0 Å². The van der Waals surface area contributed by atoms with Crippen LogP contribution >= 0.6 is 39.1 Å². The highest BCUT2D eigenvalue weighted by atomic mass is 79.9. The molecule has 0 radical (unpaired) electrons. The van der Waals surface area contributed by atoms with E-state index in [2.05, 4.69) is 21.2 Å². The first-order valence-corrected chi connectivity index (χ1v) is 7.65. The summed E-state index contributed by atoms with van der Waals surface area (Å²) in [5.41, 5.74) is 1.99. The number of para-hydroxylation sites is 1. The molecule has 106 valence electrons. The number of nitrogens with one attached hydrogen (secondary N) is 1. The number of ether oxygens (including phenoxy) is 1. The molecular formula is C15H14BrCl2NO. The molecular weight excluding hydrogens is 361 g/mol. The minimum absolute atomic E-state index is 0.398. The van der Waals surface area contributed by atoms with Crippen molar-refractivity contribution in [3.05, 3.63) is 62.0 Å². The summed E-state index contributed by atoms with van der Waals surface area (Å²) in [6.45, 7) is 1.14. The van der Waals surface area contributed by atoms with Gasteiger partial charge in [0.15, 0.2) is 0 Å². The van der Waals surface area contributed by atoms with Gasteiger partial charge in [-0.15, -0.1) is 0 Å². The number of halogens is 3. The number of rotatable bonds is 5. The van der Waals surface area contributed by atoms with Crippen LogP contribution in [0.4, 0.5) is 0 Å². The lowest BCUT2D eigenvalue weighted by Crippen LogP contribution is -2.08. The number of hydrogen-bond donors (Lipinski definition) is 1. The van der Waals surface area contributed by atoms with Gasteiger partial charge in [0, 0.05) is 27.7 Å². The second kappa shape index (κ2) is 7.32. The molecule has 0 spiro atoms. The van der Waals surface area contributed by atoms with E-state index in [4.69, 9.17) is 27.9 Å². The van der Waals surface area contributed by atoms with E-state index in [-0.39, 0.29) is 0 Å². The highest BCUT2D eigenvalue weighted by molar-refractivity contribution is 9.10. The lowest BCUT2D eigenvalue weighted by Gasteiger charge is -2.14. The molecule has 0 saturated heterocycles. The van der Waals surface area contributed by atoms with E-state index in [0.717, 1.165) is 27.9 Å². The van der Waals surface area contributed by atoms with Crippen molar-refractivity contribution in [2.45, 2.75) is 13.2 Å². The molecule has 0 aromatic heterocycles. The van der Waals surface area contributed by atoms with Crippen LogP contribution in [0.25, 0.3) is 0 Å². The number of benzene rings is 2. The third-order valence-corrected chi connectivity index (χ3v) is 4.01. The zero-order chi connectivity index (χ0) is 14.5. The average molecular weight is 375 g/mol.